The van der Waals surface area contributed by atoms with Gasteiger partial charge in [-0.15, -0.1) is 0 Å². The van der Waals surface area contributed by atoms with E-state index in [4.69, 9.17) is 9.47 Å². The van der Waals surface area contributed by atoms with Crippen LogP contribution in [0.2, 0.25) is 0 Å². The van der Waals surface area contributed by atoms with Gasteiger partial charge in [0.15, 0.2) is 0 Å². The Hall–Kier alpha value is -1.06. The van der Waals surface area contributed by atoms with Gasteiger partial charge in [0.25, 0.3) is 0 Å². The summed E-state index contributed by atoms with van der Waals surface area (Å²) in [5.74, 6) is 0.468. The summed E-state index contributed by atoms with van der Waals surface area (Å²) < 4.78 is 10.6. The van der Waals surface area contributed by atoms with Crippen LogP contribution in [0.4, 0.5) is 0 Å². The summed E-state index contributed by atoms with van der Waals surface area (Å²) in [5, 5.41) is 0. The van der Waals surface area contributed by atoms with E-state index >= 15 is 0 Å². The monoisotopic (exact) mass is 440 g/mol. The van der Waals surface area contributed by atoms with Crippen LogP contribution in [0.15, 0.2) is 0 Å². The molecule has 0 fully saturated rings. The first kappa shape index (κ1) is 29.9. The number of hydrogen-bond donors (Lipinski definition) is 0. The first-order valence-electron chi connectivity index (χ1n) is 13.4. The fraction of sp³-hybridized carbons (Fsp3) is 0.926. The topological polar surface area (TPSA) is 52.6 Å². The van der Waals surface area contributed by atoms with Crippen LogP contribution in [0, 0.1) is 5.92 Å². The Morgan fingerprint density at radius 3 is 1.39 bits per heavy atom. The maximum atomic E-state index is 11.8. The van der Waals surface area contributed by atoms with Crippen molar-refractivity contribution in [3.63, 3.8) is 0 Å². The second kappa shape index (κ2) is 23.6. The molecule has 0 unspecified atom stereocenters. The van der Waals surface area contributed by atoms with Gasteiger partial charge in [0.1, 0.15) is 0 Å². The van der Waals surface area contributed by atoms with E-state index in [1.54, 1.807) is 0 Å². The largest absolute Gasteiger partial charge is 0.466 e. The van der Waals surface area contributed by atoms with E-state index < -0.39 is 0 Å². The van der Waals surface area contributed by atoms with E-state index in [-0.39, 0.29) is 11.9 Å². The molecule has 0 aromatic carbocycles. The third kappa shape index (κ3) is 25.1. The summed E-state index contributed by atoms with van der Waals surface area (Å²) in [5.41, 5.74) is 0. The summed E-state index contributed by atoms with van der Waals surface area (Å²) in [6.45, 7) is 7.65. The summed E-state index contributed by atoms with van der Waals surface area (Å²) >= 11 is 0. The Morgan fingerprint density at radius 1 is 0.548 bits per heavy atom. The number of carbonyl (C=O) groups excluding carboxylic acids is 2. The predicted molar refractivity (Wildman–Crippen MR) is 130 cm³/mol. The van der Waals surface area contributed by atoms with Crippen LogP contribution in [-0.4, -0.2) is 25.2 Å². The van der Waals surface area contributed by atoms with Crippen molar-refractivity contribution in [3.05, 3.63) is 0 Å². The van der Waals surface area contributed by atoms with E-state index in [9.17, 15) is 9.59 Å². The molecule has 0 atom stereocenters. The summed E-state index contributed by atoms with van der Waals surface area (Å²) in [6, 6.07) is 0. The van der Waals surface area contributed by atoms with Crippen molar-refractivity contribution in [1.29, 1.82) is 0 Å². The van der Waals surface area contributed by atoms with Gasteiger partial charge >= 0.3 is 11.9 Å². The van der Waals surface area contributed by atoms with Crippen LogP contribution in [-0.2, 0) is 19.1 Å². The fourth-order valence-electron chi connectivity index (χ4n) is 3.57. The van der Waals surface area contributed by atoms with Crippen LogP contribution in [0.5, 0.6) is 0 Å². The van der Waals surface area contributed by atoms with Gasteiger partial charge in [-0.05, 0) is 31.6 Å². The average Bonchev–Trinajstić information content (AvgIpc) is 2.73. The Balaban J connectivity index is 3.25. The van der Waals surface area contributed by atoms with Crippen LogP contribution in [0.1, 0.15) is 143 Å². The van der Waals surface area contributed by atoms with Crippen LogP contribution < -0.4 is 0 Å². The highest BCUT2D eigenvalue weighted by Crippen LogP contribution is 2.12. The van der Waals surface area contributed by atoms with Crippen molar-refractivity contribution in [3.8, 4) is 0 Å². The second-order valence-corrected chi connectivity index (χ2v) is 9.43. The normalized spacial score (nSPS) is 11.1. The molecular weight excluding hydrogens is 388 g/mol. The molecule has 0 aromatic heterocycles. The molecule has 0 N–H and O–H groups in total. The molecule has 31 heavy (non-hydrogen) atoms. The smallest absolute Gasteiger partial charge is 0.305 e. The fourth-order valence-corrected chi connectivity index (χ4v) is 3.57. The first-order chi connectivity index (χ1) is 15.1. The predicted octanol–water partition coefficient (Wildman–Crippen LogP) is 8.16. The molecule has 0 bridgehead atoms. The lowest BCUT2D eigenvalue weighted by Gasteiger charge is -2.07. The summed E-state index contributed by atoms with van der Waals surface area (Å²) in [7, 11) is 0. The lowest BCUT2D eigenvalue weighted by molar-refractivity contribution is -0.145. The molecule has 184 valence electrons. The number of carbonyl (C=O) groups is 2. The van der Waals surface area contributed by atoms with Crippen LogP contribution in [0.25, 0.3) is 0 Å². The van der Waals surface area contributed by atoms with Gasteiger partial charge in [0.05, 0.1) is 13.2 Å². The molecule has 0 spiro atoms. The molecule has 0 rings (SSSR count). The van der Waals surface area contributed by atoms with E-state index in [1.165, 1.54) is 57.8 Å². The number of esters is 2. The van der Waals surface area contributed by atoms with Gasteiger partial charge in [0, 0.05) is 12.8 Å². The Labute approximate surface area is 193 Å². The van der Waals surface area contributed by atoms with Gasteiger partial charge in [-0.2, -0.15) is 0 Å². The molecular formula is C27H52O4. The Kier molecular flexibility index (Phi) is 22.8. The van der Waals surface area contributed by atoms with Crippen molar-refractivity contribution >= 4 is 11.9 Å². The summed E-state index contributed by atoms with van der Waals surface area (Å²) in [4.78, 5) is 23.3. The van der Waals surface area contributed by atoms with E-state index in [0.717, 1.165) is 51.4 Å². The Bertz CT molecular complexity index is 406. The summed E-state index contributed by atoms with van der Waals surface area (Å²) in [6.07, 6.45) is 21.1. The standard InChI is InChI=1S/C27H52O4/c1-4-5-6-7-8-9-10-13-16-19-23-30-26(28)20-17-14-11-12-15-18-21-27(29)31-24-22-25(2)3/h25H,4-24H2,1-3H3. The first-order valence-corrected chi connectivity index (χ1v) is 13.4. The van der Waals surface area contributed by atoms with Crippen LogP contribution >= 0.6 is 0 Å². The van der Waals surface area contributed by atoms with Crippen LogP contribution in [0.3, 0.4) is 0 Å². The quantitative estimate of drug-likeness (QED) is 0.119. The molecule has 0 aliphatic carbocycles. The minimum absolute atomic E-state index is 0.0416. The molecule has 0 aromatic rings. The van der Waals surface area contributed by atoms with Crippen molar-refractivity contribution in [2.75, 3.05) is 13.2 Å². The minimum atomic E-state index is -0.0641. The Morgan fingerprint density at radius 2 is 0.935 bits per heavy atom. The SMILES string of the molecule is CCCCCCCCCCCCOC(=O)CCCCCCCCC(=O)OCCC(C)C. The molecule has 4 nitrogen and oxygen atoms in total. The zero-order valence-corrected chi connectivity index (χ0v) is 21.1. The average molecular weight is 441 g/mol. The molecule has 0 heterocycles. The third-order valence-electron chi connectivity index (χ3n) is 5.73. The zero-order valence-electron chi connectivity index (χ0n) is 21.1. The van der Waals surface area contributed by atoms with Gasteiger partial charge in [-0.25, -0.2) is 0 Å². The highest BCUT2D eigenvalue weighted by molar-refractivity contribution is 5.69. The van der Waals surface area contributed by atoms with Crippen molar-refractivity contribution in [2.24, 2.45) is 5.92 Å². The number of ether oxygens (including phenoxy) is 2. The van der Waals surface area contributed by atoms with Gasteiger partial charge in [-0.3, -0.25) is 9.59 Å². The minimum Gasteiger partial charge on any atom is -0.466 e. The number of unbranched alkanes of at least 4 members (excludes halogenated alkanes) is 14. The highest BCUT2D eigenvalue weighted by Gasteiger charge is 2.05. The maximum absolute atomic E-state index is 11.8. The molecule has 0 aliphatic heterocycles. The van der Waals surface area contributed by atoms with Crippen molar-refractivity contribution < 1.29 is 19.1 Å². The molecule has 0 radical (unpaired) electrons. The molecule has 0 aliphatic rings. The lowest BCUT2D eigenvalue weighted by atomic mass is 10.1. The second-order valence-electron chi connectivity index (χ2n) is 9.43. The number of hydrogen-bond acceptors (Lipinski definition) is 4. The molecule has 0 saturated heterocycles. The third-order valence-corrected chi connectivity index (χ3v) is 5.73. The lowest BCUT2D eigenvalue weighted by Crippen LogP contribution is -2.07. The number of rotatable bonds is 23. The van der Waals surface area contributed by atoms with Crippen molar-refractivity contribution in [1.82, 2.24) is 0 Å². The van der Waals surface area contributed by atoms with E-state index in [0.29, 0.717) is 32.0 Å². The highest BCUT2D eigenvalue weighted by atomic mass is 16.5. The van der Waals surface area contributed by atoms with E-state index in [2.05, 4.69) is 20.8 Å². The van der Waals surface area contributed by atoms with Crippen molar-refractivity contribution in [2.45, 2.75) is 143 Å². The molecule has 0 saturated carbocycles. The van der Waals surface area contributed by atoms with Gasteiger partial charge < -0.3 is 9.47 Å². The zero-order chi connectivity index (χ0) is 23.0. The molecule has 4 heteroatoms. The van der Waals surface area contributed by atoms with Gasteiger partial charge in [0.2, 0.25) is 0 Å². The maximum Gasteiger partial charge on any atom is 0.305 e. The van der Waals surface area contributed by atoms with E-state index in [1.807, 2.05) is 0 Å². The molecule has 0 amide bonds. The van der Waals surface area contributed by atoms with Gasteiger partial charge in [-0.1, -0.05) is 104 Å².